The Balaban J connectivity index is 2.00. The minimum atomic E-state index is -0.0568. The van der Waals surface area contributed by atoms with E-state index in [0.717, 1.165) is 11.1 Å². The smallest absolute Gasteiger partial charge is 0.164 e. The van der Waals surface area contributed by atoms with Gasteiger partial charge in [-0.05, 0) is 29.2 Å². The molecule has 4 nitrogen and oxygen atoms in total. The molecule has 0 aliphatic rings. The highest BCUT2D eigenvalue weighted by molar-refractivity contribution is 6.33. The highest BCUT2D eigenvalue weighted by Crippen LogP contribution is 2.27. The SMILES string of the molecule is CC(C)c1ccc(-c2ncnc(-c3cc(CO)ccc3Cl)n2)cc1. The fraction of sp³-hybridized carbons (Fsp3) is 0.211. The van der Waals surface area contributed by atoms with Crippen LogP contribution in [-0.4, -0.2) is 20.1 Å². The highest BCUT2D eigenvalue weighted by Gasteiger charge is 2.10. The summed E-state index contributed by atoms with van der Waals surface area (Å²) in [5.41, 5.74) is 3.65. The van der Waals surface area contributed by atoms with Crippen molar-refractivity contribution in [1.82, 2.24) is 15.0 Å². The topological polar surface area (TPSA) is 58.9 Å². The van der Waals surface area contributed by atoms with Gasteiger partial charge < -0.3 is 5.11 Å². The van der Waals surface area contributed by atoms with Gasteiger partial charge in [-0.3, -0.25) is 0 Å². The fourth-order valence-electron chi connectivity index (χ4n) is 2.42. The molecule has 24 heavy (non-hydrogen) atoms. The molecule has 0 saturated heterocycles. The van der Waals surface area contributed by atoms with Gasteiger partial charge in [-0.1, -0.05) is 55.8 Å². The Morgan fingerprint density at radius 1 is 1.00 bits per heavy atom. The maximum Gasteiger partial charge on any atom is 0.164 e. The van der Waals surface area contributed by atoms with Crippen molar-refractivity contribution in [2.45, 2.75) is 26.4 Å². The van der Waals surface area contributed by atoms with Crippen LogP contribution in [0.4, 0.5) is 0 Å². The molecule has 0 radical (unpaired) electrons. The Morgan fingerprint density at radius 3 is 2.38 bits per heavy atom. The van der Waals surface area contributed by atoms with Crippen molar-refractivity contribution in [2.75, 3.05) is 0 Å². The number of aliphatic hydroxyl groups excluding tert-OH is 1. The Kier molecular flexibility index (Phi) is 4.88. The van der Waals surface area contributed by atoms with Gasteiger partial charge in [0.1, 0.15) is 6.33 Å². The number of aliphatic hydroxyl groups is 1. The summed E-state index contributed by atoms with van der Waals surface area (Å²) >= 11 is 6.26. The van der Waals surface area contributed by atoms with E-state index in [4.69, 9.17) is 11.6 Å². The molecule has 0 amide bonds. The van der Waals surface area contributed by atoms with E-state index >= 15 is 0 Å². The summed E-state index contributed by atoms with van der Waals surface area (Å²) in [4.78, 5) is 13.0. The lowest BCUT2D eigenvalue weighted by Gasteiger charge is -2.08. The summed E-state index contributed by atoms with van der Waals surface area (Å²) < 4.78 is 0. The average Bonchev–Trinajstić information content (AvgIpc) is 2.62. The first-order valence-electron chi connectivity index (χ1n) is 7.77. The Hall–Kier alpha value is -2.30. The molecule has 1 aromatic heterocycles. The molecule has 0 unspecified atom stereocenters. The largest absolute Gasteiger partial charge is 0.392 e. The second-order valence-electron chi connectivity index (χ2n) is 5.88. The molecule has 0 fully saturated rings. The van der Waals surface area contributed by atoms with E-state index in [1.54, 1.807) is 18.2 Å². The van der Waals surface area contributed by atoms with Gasteiger partial charge in [-0.2, -0.15) is 0 Å². The summed E-state index contributed by atoms with van der Waals surface area (Å²) in [5.74, 6) is 1.57. The van der Waals surface area contributed by atoms with Crippen LogP contribution in [0, 0.1) is 0 Å². The molecule has 0 spiro atoms. The van der Waals surface area contributed by atoms with Crippen LogP contribution in [0.15, 0.2) is 48.8 Å². The Bertz CT molecular complexity index is 847. The molecule has 0 aliphatic carbocycles. The van der Waals surface area contributed by atoms with Gasteiger partial charge in [-0.15, -0.1) is 0 Å². The van der Waals surface area contributed by atoms with Crippen molar-refractivity contribution in [1.29, 1.82) is 0 Å². The monoisotopic (exact) mass is 339 g/mol. The Morgan fingerprint density at radius 2 is 1.71 bits per heavy atom. The van der Waals surface area contributed by atoms with E-state index < -0.39 is 0 Å². The van der Waals surface area contributed by atoms with E-state index in [1.165, 1.54) is 11.9 Å². The van der Waals surface area contributed by atoms with Gasteiger partial charge in [0, 0.05) is 11.1 Å². The molecule has 5 heteroatoms. The van der Waals surface area contributed by atoms with Crippen molar-refractivity contribution < 1.29 is 5.11 Å². The predicted octanol–water partition coefficient (Wildman–Crippen LogP) is 4.47. The van der Waals surface area contributed by atoms with Crippen molar-refractivity contribution in [3.63, 3.8) is 0 Å². The highest BCUT2D eigenvalue weighted by atomic mass is 35.5. The van der Waals surface area contributed by atoms with Crippen LogP contribution >= 0.6 is 11.6 Å². The zero-order valence-electron chi connectivity index (χ0n) is 13.6. The summed E-state index contributed by atoms with van der Waals surface area (Å²) in [7, 11) is 0. The molecule has 0 saturated carbocycles. The number of nitrogens with zero attached hydrogens (tertiary/aromatic N) is 3. The zero-order chi connectivity index (χ0) is 17.1. The molecule has 0 atom stereocenters. The molecule has 1 N–H and O–H groups in total. The van der Waals surface area contributed by atoms with Gasteiger partial charge in [0.25, 0.3) is 0 Å². The summed E-state index contributed by atoms with van der Waals surface area (Å²) in [5, 5.41) is 9.85. The zero-order valence-corrected chi connectivity index (χ0v) is 14.3. The maximum absolute atomic E-state index is 9.31. The van der Waals surface area contributed by atoms with Crippen molar-refractivity contribution >= 4 is 11.6 Å². The molecule has 0 bridgehead atoms. The molecular weight excluding hydrogens is 322 g/mol. The predicted molar refractivity (Wildman–Crippen MR) is 95.7 cm³/mol. The molecule has 1 heterocycles. The number of halogens is 1. The van der Waals surface area contributed by atoms with Crippen LogP contribution in [-0.2, 0) is 6.61 Å². The molecular formula is C19H18ClN3O. The first-order valence-corrected chi connectivity index (χ1v) is 8.15. The summed E-state index contributed by atoms with van der Waals surface area (Å²) in [6.07, 6.45) is 1.48. The molecule has 3 aromatic rings. The molecule has 122 valence electrons. The van der Waals surface area contributed by atoms with Gasteiger partial charge in [0.15, 0.2) is 11.6 Å². The number of rotatable bonds is 4. The normalized spacial score (nSPS) is 11.0. The third-order valence-electron chi connectivity index (χ3n) is 3.86. The third-order valence-corrected chi connectivity index (χ3v) is 4.19. The van der Waals surface area contributed by atoms with Gasteiger partial charge in [0.2, 0.25) is 0 Å². The van der Waals surface area contributed by atoms with Crippen LogP contribution in [0.5, 0.6) is 0 Å². The van der Waals surface area contributed by atoms with E-state index in [-0.39, 0.29) is 6.61 Å². The summed E-state index contributed by atoms with van der Waals surface area (Å²) in [6, 6.07) is 13.5. The second-order valence-corrected chi connectivity index (χ2v) is 6.29. The molecule has 2 aromatic carbocycles. The standard InChI is InChI=1S/C19H18ClN3O/c1-12(2)14-4-6-15(7-5-14)18-21-11-22-19(23-18)16-9-13(10-24)3-8-17(16)20/h3-9,11-12,24H,10H2,1-2H3. The number of hydrogen-bond donors (Lipinski definition) is 1. The number of aromatic nitrogens is 3. The van der Waals surface area contributed by atoms with Gasteiger partial charge in [-0.25, -0.2) is 15.0 Å². The lowest BCUT2D eigenvalue weighted by atomic mass is 10.0. The first kappa shape index (κ1) is 16.6. The summed E-state index contributed by atoms with van der Waals surface area (Å²) in [6.45, 7) is 4.26. The van der Waals surface area contributed by atoms with Crippen molar-refractivity contribution in [2.24, 2.45) is 0 Å². The minimum absolute atomic E-state index is 0.0568. The number of benzene rings is 2. The van der Waals surface area contributed by atoms with E-state index in [9.17, 15) is 5.11 Å². The van der Waals surface area contributed by atoms with Crippen LogP contribution < -0.4 is 0 Å². The Labute approximate surface area is 146 Å². The van der Waals surface area contributed by atoms with Gasteiger partial charge in [0.05, 0.1) is 11.6 Å². The van der Waals surface area contributed by atoms with Crippen LogP contribution in [0.2, 0.25) is 5.02 Å². The minimum Gasteiger partial charge on any atom is -0.392 e. The lowest BCUT2D eigenvalue weighted by molar-refractivity contribution is 0.282. The molecule has 3 rings (SSSR count). The first-order chi connectivity index (χ1) is 11.6. The second kappa shape index (κ2) is 7.07. The van der Waals surface area contributed by atoms with Crippen LogP contribution in [0.1, 0.15) is 30.9 Å². The maximum atomic E-state index is 9.31. The quantitative estimate of drug-likeness (QED) is 0.761. The van der Waals surface area contributed by atoms with E-state index in [2.05, 4.69) is 40.9 Å². The van der Waals surface area contributed by atoms with Gasteiger partial charge >= 0.3 is 0 Å². The lowest BCUT2D eigenvalue weighted by Crippen LogP contribution is -1.97. The van der Waals surface area contributed by atoms with Crippen molar-refractivity contribution in [3.05, 3.63) is 64.9 Å². The van der Waals surface area contributed by atoms with E-state index in [1.807, 2.05) is 12.1 Å². The van der Waals surface area contributed by atoms with Crippen LogP contribution in [0.25, 0.3) is 22.8 Å². The molecule has 0 aliphatic heterocycles. The van der Waals surface area contributed by atoms with Crippen molar-refractivity contribution in [3.8, 4) is 22.8 Å². The van der Waals surface area contributed by atoms with E-state index in [0.29, 0.717) is 28.2 Å². The average molecular weight is 340 g/mol. The number of hydrogen-bond acceptors (Lipinski definition) is 4. The fourth-order valence-corrected chi connectivity index (χ4v) is 2.63. The third kappa shape index (κ3) is 3.45. The van der Waals surface area contributed by atoms with Crippen LogP contribution in [0.3, 0.4) is 0 Å².